The minimum absolute atomic E-state index is 1.26. The second kappa shape index (κ2) is 14.1. The summed E-state index contributed by atoms with van der Waals surface area (Å²) in [7, 11) is -4.93. The molecular formula is C44H36SSi2. The molecule has 0 unspecified atom stereocenters. The lowest BCUT2D eigenvalue weighted by Gasteiger charge is -2.30. The average Bonchev–Trinajstić information content (AvgIpc) is 3.63. The number of thiophene rings is 1. The lowest BCUT2D eigenvalue weighted by Crippen LogP contribution is -2.66. The van der Waals surface area contributed by atoms with E-state index < -0.39 is 16.1 Å². The molecule has 0 radical (unpaired) electrons. The minimum Gasteiger partial charge on any atom is -0.137 e. The van der Waals surface area contributed by atoms with Crippen molar-refractivity contribution in [2.45, 2.75) is 0 Å². The largest absolute Gasteiger partial charge is 0.172 e. The first-order valence-corrected chi connectivity index (χ1v) is 21.1. The van der Waals surface area contributed by atoms with E-state index in [4.69, 9.17) is 0 Å². The van der Waals surface area contributed by atoms with Crippen LogP contribution in [0.3, 0.4) is 0 Å². The van der Waals surface area contributed by atoms with Crippen molar-refractivity contribution in [3.05, 3.63) is 215 Å². The fraction of sp³-hybridized carbons (Fsp3) is 0. The van der Waals surface area contributed by atoms with Gasteiger partial charge in [-0.1, -0.05) is 206 Å². The van der Waals surface area contributed by atoms with E-state index in [1.807, 2.05) is 11.3 Å². The molecule has 0 nitrogen and oxygen atoms in total. The van der Waals surface area contributed by atoms with Crippen molar-refractivity contribution >= 4 is 70.8 Å². The van der Waals surface area contributed by atoms with Crippen LogP contribution in [0.1, 0.15) is 9.75 Å². The van der Waals surface area contributed by atoms with Crippen LogP contribution in [0.25, 0.3) is 12.2 Å². The summed E-state index contributed by atoms with van der Waals surface area (Å²) in [6.45, 7) is 0. The lowest BCUT2D eigenvalue weighted by atomic mass is 10.3. The first kappa shape index (κ1) is 30.6. The molecule has 0 bridgehead atoms. The Kier molecular flexibility index (Phi) is 9.20. The van der Waals surface area contributed by atoms with E-state index in [0.717, 1.165) is 0 Å². The predicted molar refractivity (Wildman–Crippen MR) is 210 cm³/mol. The molecule has 0 aliphatic heterocycles. The Morgan fingerprint density at radius 2 is 0.489 bits per heavy atom. The zero-order chi connectivity index (χ0) is 31.8. The summed E-state index contributed by atoms with van der Waals surface area (Å²) in [5.41, 5.74) is 5.06. The van der Waals surface area contributed by atoms with Gasteiger partial charge in [-0.3, -0.25) is 0 Å². The Morgan fingerprint density at radius 3 is 0.702 bits per heavy atom. The maximum atomic E-state index is 2.53. The Morgan fingerprint density at radius 1 is 0.277 bits per heavy atom. The van der Waals surface area contributed by atoms with Crippen LogP contribution >= 0.6 is 11.3 Å². The molecule has 7 rings (SSSR count). The molecule has 0 aliphatic carbocycles. The maximum absolute atomic E-state index is 2.53. The van der Waals surface area contributed by atoms with Crippen LogP contribution in [0.15, 0.2) is 206 Å². The van der Waals surface area contributed by atoms with Gasteiger partial charge in [-0.05, 0) is 43.3 Å². The highest BCUT2D eigenvalue weighted by Gasteiger charge is 2.38. The fourth-order valence-corrected chi connectivity index (χ4v) is 16.1. The molecule has 0 atom stereocenters. The van der Waals surface area contributed by atoms with Crippen molar-refractivity contribution in [1.29, 1.82) is 0 Å². The number of benzene rings is 6. The summed E-state index contributed by atoms with van der Waals surface area (Å²) < 4.78 is 0. The summed E-state index contributed by atoms with van der Waals surface area (Å²) in [4.78, 5) is 2.52. The molecule has 0 N–H and O–H groups in total. The molecule has 0 saturated heterocycles. The van der Waals surface area contributed by atoms with E-state index in [1.54, 1.807) is 0 Å². The summed E-state index contributed by atoms with van der Waals surface area (Å²) in [6, 6.07) is 71.0. The number of hydrogen-bond acceptors (Lipinski definition) is 1. The van der Waals surface area contributed by atoms with Crippen molar-refractivity contribution in [2.75, 3.05) is 0 Å². The molecule has 226 valence electrons. The molecule has 1 aromatic heterocycles. The molecule has 0 aliphatic rings. The molecule has 0 fully saturated rings. The van der Waals surface area contributed by atoms with Crippen LogP contribution in [0.4, 0.5) is 0 Å². The monoisotopic (exact) mass is 652 g/mol. The van der Waals surface area contributed by atoms with E-state index >= 15 is 0 Å². The third kappa shape index (κ3) is 6.21. The average molecular weight is 653 g/mol. The zero-order valence-corrected chi connectivity index (χ0v) is 29.0. The second-order valence-electron chi connectivity index (χ2n) is 11.7. The number of rotatable bonds is 10. The fourth-order valence-electron chi connectivity index (χ4n) is 6.75. The molecule has 3 heteroatoms. The minimum atomic E-state index is -2.46. The lowest BCUT2D eigenvalue weighted by molar-refractivity contribution is 1.68. The van der Waals surface area contributed by atoms with E-state index in [2.05, 4.69) is 218 Å². The maximum Gasteiger partial charge on any atom is 0.172 e. The van der Waals surface area contributed by atoms with Crippen molar-refractivity contribution in [2.24, 2.45) is 0 Å². The van der Waals surface area contributed by atoms with Crippen molar-refractivity contribution in [3.8, 4) is 0 Å². The van der Waals surface area contributed by atoms with E-state index in [0.29, 0.717) is 0 Å². The molecule has 7 aromatic rings. The van der Waals surface area contributed by atoms with E-state index in [-0.39, 0.29) is 0 Å². The van der Waals surface area contributed by atoms with Gasteiger partial charge in [0.2, 0.25) is 0 Å². The topological polar surface area (TPSA) is 0 Å². The molecule has 6 aromatic carbocycles. The van der Waals surface area contributed by atoms with E-state index in [9.17, 15) is 0 Å². The number of hydrogen-bond donors (Lipinski definition) is 0. The van der Waals surface area contributed by atoms with Gasteiger partial charge in [-0.25, -0.2) is 0 Å². The van der Waals surface area contributed by atoms with Crippen molar-refractivity contribution in [1.82, 2.24) is 0 Å². The Bertz CT molecular complexity index is 1710. The first-order chi connectivity index (χ1) is 23.3. The Hall–Kier alpha value is -5.07. The van der Waals surface area contributed by atoms with Crippen LogP contribution in [-0.4, -0.2) is 16.1 Å². The van der Waals surface area contributed by atoms with Gasteiger partial charge in [0.05, 0.1) is 0 Å². The van der Waals surface area contributed by atoms with Gasteiger partial charge in [0, 0.05) is 9.75 Å². The summed E-state index contributed by atoms with van der Waals surface area (Å²) in [5, 5.41) is 8.30. The van der Waals surface area contributed by atoms with Crippen LogP contribution in [0.5, 0.6) is 0 Å². The third-order valence-corrected chi connectivity index (χ3v) is 18.8. The molecule has 47 heavy (non-hydrogen) atoms. The van der Waals surface area contributed by atoms with Crippen LogP contribution in [0, 0.1) is 0 Å². The highest BCUT2D eigenvalue weighted by Crippen LogP contribution is 2.22. The SMILES string of the molecule is C(=C\[Si](c1ccccc1)(c1ccccc1)c1ccccc1)/c1ccc(/C=C/[Si](c2ccccc2)(c2ccccc2)c2ccccc2)s1. The Labute approximate surface area is 284 Å². The van der Waals surface area contributed by atoms with Gasteiger partial charge >= 0.3 is 0 Å². The highest BCUT2D eigenvalue weighted by molar-refractivity contribution is 7.17. The molecule has 0 saturated carbocycles. The smallest absolute Gasteiger partial charge is 0.137 e. The van der Waals surface area contributed by atoms with E-state index in [1.165, 1.54) is 40.9 Å². The zero-order valence-electron chi connectivity index (χ0n) is 26.2. The molecular weight excluding hydrogens is 617 g/mol. The molecule has 0 amide bonds. The van der Waals surface area contributed by atoms with Crippen LogP contribution < -0.4 is 31.1 Å². The van der Waals surface area contributed by atoms with Gasteiger partial charge in [0.15, 0.2) is 16.1 Å². The normalized spacial score (nSPS) is 12.1. The summed E-state index contributed by atoms with van der Waals surface area (Å²) in [6.07, 6.45) is 4.75. The van der Waals surface area contributed by atoms with Crippen LogP contribution in [0.2, 0.25) is 0 Å². The quantitative estimate of drug-likeness (QED) is 0.108. The van der Waals surface area contributed by atoms with Gasteiger partial charge < -0.3 is 0 Å². The molecule has 1 heterocycles. The summed E-state index contributed by atoms with van der Waals surface area (Å²) >= 11 is 1.86. The third-order valence-electron chi connectivity index (χ3n) is 9.02. The highest BCUT2D eigenvalue weighted by atomic mass is 32.1. The van der Waals surface area contributed by atoms with Gasteiger partial charge in [0.25, 0.3) is 0 Å². The second-order valence-corrected chi connectivity index (χ2v) is 20.2. The standard InChI is InChI=1S/C44H36SSi2/c1-7-19-39(20-8-1)46(40-21-9-2-10-22-40,41-23-11-3-12-24-41)35-33-37-31-32-38(45-37)34-36-47(42-25-13-4-14-26-42,43-27-15-5-16-28-43)44-29-17-6-18-30-44/h1-36H/b35-33+,36-34+. The van der Waals surface area contributed by atoms with Gasteiger partial charge in [-0.15, -0.1) is 11.3 Å². The van der Waals surface area contributed by atoms with Gasteiger partial charge in [0.1, 0.15) is 0 Å². The molecule has 0 spiro atoms. The van der Waals surface area contributed by atoms with Gasteiger partial charge in [-0.2, -0.15) is 0 Å². The summed E-state index contributed by atoms with van der Waals surface area (Å²) in [5.74, 6) is 0. The van der Waals surface area contributed by atoms with Crippen molar-refractivity contribution < 1.29 is 0 Å². The predicted octanol–water partition coefficient (Wildman–Crippen LogP) is 7.19. The van der Waals surface area contributed by atoms with Crippen molar-refractivity contribution in [3.63, 3.8) is 0 Å². The van der Waals surface area contributed by atoms with Crippen LogP contribution in [-0.2, 0) is 0 Å². The Balaban J connectivity index is 1.32. The first-order valence-electron chi connectivity index (χ1n) is 16.1.